The standard InChI is InChI=1S/C17H17Cl2N/c18-16-9-8-15(17(19)13-16)10-12-20-11-4-7-14-5-2-1-3-6-14/h1-9,13,20H,10-12H2. The van der Waals surface area contributed by atoms with Crippen molar-refractivity contribution in [3.63, 3.8) is 0 Å². The van der Waals surface area contributed by atoms with Crippen LogP contribution in [0.1, 0.15) is 11.1 Å². The summed E-state index contributed by atoms with van der Waals surface area (Å²) in [4.78, 5) is 0. The highest BCUT2D eigenvalue weighted by Crippen LogP contribution is 2.20. The van der Waals surface area contributed by atoms with Crippen LogP contribution in [-0.4, -0.2) is 13.1 Å². The van der Waals surface area contributed by atoms with Crippen molar-refractivity contribution in [2.45, 2.75) is 6.42 Å². The van der Waals surface area contributed by atoms with Crippen molar-refractivity contribution in [1.29, 1.82) is 0 Å². The molecule has 0 bridgehead atoms. The van der Waals surface area contributed by atoms with Gasteiger partial charge in [0.15, 0.2) is 0 Å². The smallest absolute Gasteiger partial charge is 0.0453 e. The Morgan fingerprint density at radius 3 is 2.55 bits per heavy atom. The number of hydrogen-bond donors (Lipinski definition) is 1. The van der Waals surface area contributed by atoms with E-state index in [-0.39, 0.29) is 0 Å². The Morgan fingerprint density at radius 2 is 1.80 bits per heavy atom. The third kappa shape index (κ3) is 5.01. The number of benzene rings is 2. The van der Waals surface area contributed by atoms with Gasteiger partial charge in [-0.25, -0.2) is 0 Å². The predicted molar refractivity (Wildman–Crippen MR) is 88.5 cm³/mol. The Bertz CT molecular complexity index is 564. The van der Waals surface area contributed by atoms with E-state index in [9.17, 15) is 0 Å². The molecule has 104 valence electrons. The van der Waals surface area contributed by atoms with Crippen LogP contribution >= 0.6 is 23.2 Å². The van der Waals surface area contributed by atoms with E-state index in [0.29, 0.717) is 5.02 Å². The molecule has 1 N–H and O–H groups in total. The van der Waals surface area contributed by atoms with Gasteiger partial charge in [0.05, 0.1) is 0 Å². The molecule has 0 amide bonds. The highest BCUT2D eigenvalue weighted by molar-refractivity contribution is 6.35. The SMILES string of the molecule is Clc1ccc(CCNCC=Cc2ccccc2)c(Cl)c1. The van der Waals surface area contributed by atoms with Gasteiger partial charge < -0.3 is 5.32 Å². The maximum Gasteiger partial charge on any atom is 0.0453 e. The van der Waals surface area contributed by atoms with E-state index in [0.717, 1.165) is 30.1 Å². The van der Waals surface area contributed by atoms with Crippen LogP contribution in [0.4, 0.5) is 0 Å². The van der Waals surface area contributed by atoms with Crippen LogP contribution < -0.4 is 5.32 Å². The zero-order valence-electron chi connectivity index (χ0n) is 11.2. The van der Waals surface area contributed by atoms with Crippen molar-refractivity contribution in [1.82, 2.24) is 5.32 Å². The maximum absolute atomic E-state index is 6.12. The summed E-state index contributed by atoms with van der Waals surface area (Å²) in [5.41, 5.74) is 2.34. The van der Waals surface area contributed by atoms with Crippen LogP contribution in [0, 0.1) is 0 Å². The van der Waals surface area contributed by atoms with Crippen LogP contribution in [0.15, 0.2) is 54.6 Å². The van der Waals surface area contributed by atoms with E-state index in [1.807, 2.05) is 30.3 Å². The van der Waals surface area contributed by atoms with Gasteiger partial charge in [-0.1, -0.05) is 71.8 Å². The highest BCUT2D eigenvalue weighted by atomic mass is 35.5. The number of rotatable bonds is 6. The fraction of sp³-hybridized carbons (Fsp3) is 0.176. The van der Waals surface area contributed by atoms with Gasteiger partial charge in [-0.3, -0.25) is 0 Å². The average Bonchev–Trinajstić information content (AvgIpc) is 2.46. The van der Waals surface area contributed by atoms with Crippen LogP contribution in [-0.2, 0) is 6.42 Å². The summed E-state index contributed by atoms with van der Waals surface area (Å²) in [6.07, 6.45) is 5.14. The molecule has 0 saturated carbocycles. The molecule has 0 aliphatic rings. The van der Waals surface area contributed by atoms with Gasteiger partial charge in [-0.15, -0.1) is 0 Å². The molecule has 0 heterocycles. The van der Waals surface area contributed by atoms with Crippen molar-refractivity contribution in [2.24, 2.45) is 0 Å². The topological polar surface area (TPSA) is 12.0 Å². The van der Waals surface area contributed by atoms with Crippen molar-refractivity contribution in [3.8, 4) is 0 Å². The second-order valence-corrected chi connectivity index (χ2v) is 5.35. The van der Waals surface area contributed by atoms with E-state index < -0.39 is 0 Å². The Balaban J connectivity index is 1.70. The molecule has 2 aromatic carbocycles. The van der Waals surface area contributed by atoms with Crippen molar-refractivity contribution < 1.29 is 0 Å². The van der Waals surface area contributed by atoms with Crippen molar-refractivity contribution in [3.05, 3.63) is 75.8 Å². The Labute approximate surface area is 130 Å². The lowest BCUT2D eigenvalue weighted by atomic mass is 10.1. The Hall–Kier alpha value is -1.28. The number of halogens is 2. The first-order chi connectivity index (χ1) is 9.75. The first kappa shape index (κ1) is 15.1. The summed E-state index contributed by atoms with van der Waals surface area (Å²) in [7, 11) is 0. The summed E-state index contributed by atoms with van der Waals surface area (Å²) in [6, 6.07) is 15.9. The fourth-order valence-corrected chi connectivity index (χ4v) is 2.40. The summed E-state index contributed by atoms with van der Waals surface area (Å²) < 4.78 is 0. The monoisotopic (exact) mass is 305 g/mol. The molecular weight excluding hydrogens is 289 g/mol. The lowest BCUT2D eigenvalue weighted by molar-refractivity contribution is 0.746. The van der Waals surface area contributed by atoms with E-state index >= 15 is 0 Å². The lowest BCUT2D eigenvalue weighted by Gasteiger charge is -2.05. The van der Waals surface area contributed by atoms with Gasteiger partial charge in [0.2, 0.25) is 0 Å². The zero-order chi connectivity index (χ0) is 14.2. The van der Waals surface area contributed by atoms with Crippen molar-refractivity contribution in [2.75, 3.05) is 13.1 Å². The molecule has 0 unspecified atom stereocenters. The second kappa shape index (κ2) is 8.11. The summed E-state index contributed by atoms with van der Waals surface area (Å²) in [5, 5.41) is 4.78. The molecule has 0 radical (unpaired) electrons. The minimum absolute atomic E-state index is 0.678. The molecule has 2 rings (SSSR count). The summed E-state index contributed by atoms with van der Waals surface area (Å²) in [6.45, 7) is 1.74. The quantitative estimate of drug-likeness (QED) is 0.753. The molecule has 0 saturated heterocycles. The summed E-state index contributed by atoms with van der Waals surface area (Å²) >= 11 is 12.0. The van der Waals surface area contributed by atoms with Crippen LogP contribution in [0.5, 0.6) is 0 Å². The van der Waals surface area contributed by atoms with E-state index in [1.165, 1.54) is 5.56 Å². The Morgan fingerprint density at radius 1 is 1.00 bits per heavy atom. The number of hydrogen-bond acceptors (Lipinski definition) is 1. The largest absolute Gasteiger partial charge is 0.313 e. The molecule has 0 aromatic heterocycles. The van der Waals surface area contributed by atoms with Crippen LogP contribution in [0.3, 0.4) is 0 Å². The molecule has 2 aromatic rings. The third-order valence-electron chi connectivity index (χ3n) is 2.96. The normalized spacial score (nSPS) is 11.1. The van der Waals surface area contributed by atoms with Gasteiger partial charge in [-0.05, 0) is 36.2 Å². The zero-order valence-corrected chi connectivity index (χ0v) is 12.7. The summed E-state index contributed by atoms with van der Waals surface area (Å²) in [5.74, 6) is 0. The molecule has 3 heteroatoms. The van der Waals surface area contributed by atoms with E-state index in [1.54, 1.807) is 6.07 Å². The molecular formula is C17H17Cl2N. The molecule has 0 atom stereocenters. The Kier molecular flexibility index (Phi) is 6.13. The van der Waals surface area contributed by atoms with Crippen molar-refractivity contribution >= 4 is 29.3 Å². The fourth-order valence-electron chi connectivity index (χ4n) is 1.89. The van der Waals surface area contributed by atoms with Gasteiger partial charge in [0.1, 0.15) is 0 Å². The van der Waals surface area contributed by atoms with Crippen LogP contribution in [0.2, 0.25) is 10.0 Å². The van der Waals surface area contributed by atoms with Gasteiger partial charge in [0.25, 0.3) is 0 Å². The number of nitrogens with one attached hydrogen (secondary N) is 1. The maximum atomic E-state index is 6.12. The minimum atomic E-state index is 0.678. The molecule has 0 aliphatic carbocycles. The highest BCUT2D eigenvalue weighted by Gasteiger charge is 2.00. The van der Waals surface area contributed by atoms with E-state index in [4.69, 9.17) is 23.2 Å². The lowest BCUT2D eigenvalue weighted by Crippen LogP contribution is -2.17. The average molecular weight is 306 g/mol. The third-order valence-corrected chi connectivity index (χ3v) is 3.55. The first-order valence-electron chi connectivity index (χ1n) is 6.62. The molecule has 0 fully saturated rings. The van der Waals surface area contributed by atoms with E-state index in [2.05, 4.69) is 29.6 Å². The first-order valence-corrected chi connectivity index (χ1v) is 7.37. The van der Waals surface area contributed by atoms with Gasteiger partial charge in [-0.2, -0.15) is 0 Å². The molecule has 1 nitrogen and oxygen atoms in total. The van der Waals surface area contributed by atoms with Crippen LogP contribution in [0.25, 0.3) is 6.08 Å². The molecule has 20 heavy (non-hydrogen) atoms. The van der Waals surface area contributed by atoms with Gasteiger partial charge in [0, 0.05) is 16.6 Å². The molecule has 0 spiro atoms. The minimum Gasteiger partial charge on any atom is -0.313 e. The van der Waals surface area contributed by atoms with Gasteiger partial charge >= 0.3 is 0 Å². The molecule has 0 aliphatic heterocycles. The second-order valence-electron chi connectivity index (χ2n) is 4.50. The predicted octanol–water partition coefficient (Wildman–Crippen LogP) is 4.84.